The van der Waals surface area contributed by atoms with E-state index in [2.05, 4.69) is 27.3 Å². The molecule has 18 heavy (non-hydrogen) atoms. The number of rotatable bonds is 2. The molecule has 2 nitrogen and oxygen atoms in total. The molecule has 92 valence electrons. The van der Waals surface area contributed by atoms with Gasteiger partial charge in [0.15, 0.2) is 0 Å². The molecule has 0 aromatic heterocycles. The van der Waals surface area contributed by atoms with E-state index in [4.69, 9.17) is 0 Å². The molecule has 0 aliphatic heterocycles. The Labute approximate surface area is 115 Å². The lowest BCUT2D eigenvalue weighted by atomic mass is 10.1. The summed E-state index contributed by atoms with van der Waals surface area (Å²) in [7, 11) is 0. The molecule has 0 radical (unpaired) electrons. The first-order valence-electron chi connectivity index (χ1n) is 5.70. The third kappa shape index (κ3) is 2.99. The van der Waals surface area contributed by atoms with E-state index < -0.39 is 0 Å². The van der Waals surface area contributed by atoms with Crippen LogP contribution in [0.3, 0.4) is 0 Å². The number of halogens is 1. The van der Waals surface area contributed by atoms with E-state index >= 15 is 0 Å². The van der Waals surface area contributed by atoms with E-state index in [1.807, 2.05) is 44.2 Å². The van der Waals surface area contributed by atoms with Crippen LogP contribution < -0.4 is 5.32 Å². The molecule has 0 aliphatic carbocycles. The second-order valence-corrected chi connectivity index (χ2v) is 5.16. The number of hydrogen-bond acceptors (Lipinski definition) is 1. The highest BCUT2D eigenvalue weighted by atomic mass is 79.9. The molecule has 0 unspecified atom stereocenters. The van der Waals surface area contributed by atoms with Gasteiger partial charge in [-0.2, -0.15) is 0 Å². The monoisotopic (exact) mass is 303 g/mol. The maximum atomic E-state index is 12.1. The van der Waals surface area contributed by atoms with Gasteiger partial charge in [-0.05, 0) is 65.2 Å². The fourth-order valence-corrected chi connectivity index (χ4v) is 2.36. The molecule has 0 bridgehead atoms. The van der Waals surface area contributed by atoms with Crippen molar-refractivity contribution in [3.8, 4) is 0 Å². The largest absolute Gasteiger partial charge is 0.322 e. The summed E-state index contributed by atoms with van der Waals surface area (Å²) >= 11 is 3.38. The summed E-state index contributed by atoms with van der Waals surface area (Å²) in [5.74, 6) is -0.104. The number of aryl methyl sites for hydroxylation is 2. The number of carbonyl (C=O) groups excluding carboxylic acids is 1. The van der Waals surface area contributed by atoms with Crippen LogP contribution in [0.25, 0.3) is 0 Å². The van der Waals surface area contributed by atoms with Crippen LogP contribution in [-0.2, 0) is 0 Å². The maximum absolute atomic E-state index is 12.1. The molecule has 3 heteroatoms. The number of nitrogens with one attached hydrogen (secondary N) is 1. The normalized spacial score (nSPS) is 10.2. The van der Waals surface area contributed by atoms with E-state index in [1.165, 1.54) is 0 Å². The van der Waals surface area contributed by atoms with Crippen LogP contribution in [0.1, 0.15) is 21.5 Å². The molecule has 0 fully saturated rings. The Hall–Kier alpha value is -1.61. The van der Waals surface area contributed by atoms with Crippen LogP contribution in [0.4, 0.5) is 5.69 Å². The molecular formula is C15H14BrNO. The summed E-state index contributed by atoms with van der Waals surface area (Å²) in [6.45, 7) is 4.03. The summed E-state index contributed by atoms with van der Waals surface area (Å²) < 4.78 is 0.798. The lowest BCUT2D eigenvalue weighted by Crippen LogP contribution is -2.12. The van der Waals surface area contributed by atoms with Crippen LogP contribution in [0, 0.1) is 13.8 Å². The zero-order valence-electron chi connectivity index (χ0n) is 10.3. The van der Waals surface area contributed by atoms with E-state index in [1.54, 1.807) is 6.07 Å². The summed E-state index contributed by atoms with van der Waals surface area (Å²) in [6.07, 6.45) is 0. The Bertz CT molecular complexity index is 573. The second kappa shape index (κ2) is 5.36. The lowest BCUT2D eigenvalue weighted by Gasteiger charge is -2.08. The smallest absolute Gasteiger partial charge is 0.256 e. The molecule has 1 N–H and O–H groups in total. The molecule has 0 spiro atoms. The minimum atomic E-state index is -0.104. The van der Waals surface area contributed by atoms with Crippen molar-refractivity contribution in [2.24, 2.45) is 0 Å². The average Bonchev–Trinajstić information content (AvgIpc) is 2.27. The van der Waals surface area contributed by atoms with Crippen LogP contribution in [0.15, 0.2) is 46.9 Å². The number of amides is 1. The first-order chi connectivity index (χ1) is 8.56. The summed E-state index contributed by atoms with van der Waals surface area (Å²) in [5.41, 5.74) is 3.74. The van der Waals surface area contributed by atoms with Gasteiger partial charge in [-0.1, -0.05) is 18.2 Å². The topological polar surface area (TPSA) is 29.1 Å². The van der Waals surface area contributed by atoms with Gasteiger partial charge in [0, 0.05) is 10.2 Å². The molecule has 0 saturated carbocycles. The van der Waals surface area contributed by atoms with Gasteiger partial charge in [-0.3, -0.25) is 4.79 Å². The van der Waals surface area contributed by atoms with Crippen molar-refractivity contribution >= 4 is 27.5 Å². The van der Waals surface area contributed by atoms with Gasteiger partial charge >= 0.3 is 0 Å². The van der Waals surface area contributed by atoms with Crippen molar-refractivity contribution in [3.63, 3.8) is 0 Å². The molecule has 2 aromatic rings. The van der Waals surface area contributed by atoms with Gasteiger partial charge in [-0.15, -0.1) is 0 Å². The Balaban J connectivity index is 2.24. The van der Waals surface area contributed by atoms with Gasteiger partial charge in [0.25, 0.3) is 5.91 Å². The first-order valence-corrected chi connectivity index (χ1v) is 6.50. The Morgan fingerprint density at radius 2 is 1.67 bits per heavy atom. The van der Waals surface area contributed by atoms with Crippen molar-refractivity contribution in [1.82, 2.24) is 0 Å². The molecule has 0 saturated heterocycles. The van der Waals surface area contributed by atoms with E-state index in [0.717, 1.165) is 21.3 Å². The SMILES string of the molecule is Cc1cc(C)cc(NC(=O)c2ccccc2Br)c1. The average molecular weight is 304 g/mol. The fraction of sp³-hybridized carbons (Fsp3) is 0.133. The number of anilines is 1. The summed E-state index contributed by atoms with van der Waals surface area (Å²) in [5, 5.41) is 2.91. The maximum Gasteiger partial charge on any atom is 0.256 e. The number of benzene rings is 2. The Morgan fingerprint density at radius 1 is 1.06 bits per heavy atom. The summed E-state index contributed by atoms with van der Waals surface area (Å²) in [6, 6.07) is 13.4. The van der Waals surface area contributed by atoms with E-state index in [-0.39, 0.29) is 5.91 Å². The third-order valence-electron chi connectivity index (χ3n) is 2.60. The summed E-state index contributed by atoms with van der Waals surface area (Å²) in [4.78, 5) is 12.1. The Kier molecular flexibility index (Phi) is 3.82. The fourth-order valence-electron chi connectivity index (χ4n) is 1.89. The van der Waals surface area contributed by atoms with Crippen LogP contribution in [-0.4, -0.2) is 5.91 Å². The van der Waals surface area contributed by atoms with Gasteiger partial charge in [-0.25, -0.2) is 0 Å². The molecular weight excluding hydrogens is 290 g/mol. The first kappa shape index (κ1) is 12.8. The lowest BCUT2D eigenvalue weighted by molar-refractivity contribution is 0.102. The van der Waals surface area contributed by atoms with Crippen LogP contribution in [0.2, 0.25) is 0 Å². The van der Waals surface area contributed by atoms with Crippen molar-refractivity contribution in [2.75, 3.05) is 5.32 Å². The third-order valence-corrected chi connectivity index (χ3v) is 3.29. The zero-order valence-corrected chi connectivity index (χ0v) is 11.9. The van der Waals surface area contributed by atoms with Gasteiger partial charge in [0.05, 0.1) is 5.56 Å². The van der Waals surface area contributed by atoms with Crippen molar-refractivity contribution in [2.45, 2.75) is 13.8 Å². The van der Waals surface area contributed by atoms with Crippen LogP contribution >= 0.6 is 15.9 Å². The van der Waals surface area contributed by atoms with Crippen molar-refractivity contribution in [1.29, 1.82) is 0 Å². The minimum absolute atomic E-state index is 0.104. The van der Waals surface area contributed by atoms with Gasteiger partial charge in [0.1, 0.15) is 0 Å². The highest BCUT2D eigenvalue weighted by molar-refractivity contribution is 9.10. The quantitative estimate of drug-likeness (QED) is 0.879. The van der Waals surface area contributed by atoms with Gasteiger partial charge < -0.3 is 5.32 Å². The zero-order chi connectivity index (χ0) is 13.1. The van der Waals surface area contributed by atoms with Crippen molar-refractivity contribution in [3.05, 3.63) is 63.6 Å². The molecule has 1 amide bonds. The molecule has 0 aliphatic rings. The van der Waals surface area contributed by atoms with E-state index in [9.17, 15) is 4.79 Å². The standard InChI is InChI=1S/C15H14BrNO/c1-10-7-11(2)9-12(8-10)17-15(18)13-5-3-4-6-14(13)16/h3-9H,1-2H3,(H,17,18). The molecule has 2 rings (SSSR count). The van der Waals surface area contributed by atoms with E-state index in [0.29, 0.717) is 5.56 Å². The minimum Gasteiger partial charge on any atom is -0.322 e. The highest BCUT2D eigenvalue weighted by Gasteiger charge is 2.09. The van der Waals surface area contributed by atoms with Crippen LogP contribution in [0.5, 0.6) is 0 Å². The molecule has 2 aromatic carbocycles. The van der Waals surface area contributed by atoms with Gasteiger partial charge in [0.2, 0.25) is 0 Å². The molecule has 0 heterocycles. The molecule has 0 atom stereocenters. The Morgan fingerprint density at radius 3 is 2.28 bits per heavy atom. The highest BCUT2D eigenvalue weighted by Crippen LogP contribution is 2.19. The second-order valence-electron chi connectivity index (χ2n) is 4.31. The number of hydrogen-bond donors (Lipinski definition) is 1. The predicted octanol–water partition coefficient (Wildman–Crippen LogP) is 4.32. The van der Waals surface area contributed by atoms with Crippen molar-refractivity contribution < 1.29 is 4.79 Å². The number of carbonyl (C=O) groups is 1. The predicted molar refractivity (Wildman–Crippen MR) is 78.0 cm³/mol.